The van der Waals surface area contributed by atoms with Gasteiger partial charge >= 0.3 is 0 Å². The van der Waals surface area contributed by atoms with Crippen molar-refractivity contribution in [1.82, 2.24) is 9.55 Å². The van der Waals surface area contributed by atoms with Gasteiger partial charge in [-0.15, -0.1) is 0 Å². The van der Waals surface area contributed by atoms with Crippen molar-refractivity contribution in [2.75, 3.05) is 0 Å². The smallest absolute Gasteiger partial charge is 0.177 e. The molecule has 2 nitrogen and oxygen atoms in total. The van der Waals surface area contributed by atoms with E-state index in [1.165, 1.54) is 5.56 Å². The molecule has 0 aliphatic carbocycles. The van der Waals surface area contributed by atoms with Crippen LogP contribution < -0.4 is 0 Å². The lowest BCUT2D eigenvalue weighted by Crippen LogP contribution is -1.83. The molecule has 1 aromatic heterocycles. The Morgan fingerprint density at radius 2 is 2.27 bits per heavy atom. The van der Waals surface area contributed by atoms with Crippen molar-refractivity contribution >= 4 is 11.0 Å². The van der Waals surface area contributed by atoms with Crippen LogP contribution >= 0.6 is 0 Å². The zero-order valence-electron chi connectivity index (χ0n) is 6.63. The maximum atomic E-state index is 4.12. The first-order valence-electron chi connectivity index (χ1n) is 3.58. The lowest BCUT2D eigenvalue weighted by atomic mass is 10.2. The van der Waals surface area contributed by atoms with Gasteiger partial charge in [0.2, 0.25) is 0 Å². The second-order valence-electron chi connectivity index (χ2n) is 2.76. The highest BCUT2D eigenvalue weighted by molar-refractivity contribution is 5.75. The fraction of sp³-hybridized carbons (Fsp3) is 0.222. The molecule has 0 fully saturated rings. The first-order valence-corrected chi connectivity index (χ1v) is 3.58. The molecule has 11 heavy (non-hydrogen) atoms. The molecule has 0 N–H and O–H groups in total. The van der Waals surface area contributed by atoms with Crippen LogP contribution in [-0.4, -0.2) is 9.55 Å². The van der Waals surface area contributed by atoms with Crippen LogP contribution in [0.3, 0.4) is 0 Å². The number of aryl methyl sites for hydroxylation is 2. The van der Waals surface area contributed by atoms with Crippen LogP contribution in [0, 0.1) is 13.3 Å². The van der Waals surface area contributed by atoms with Crippen molar-refractivity contribution in [2.45, 2.75) is 6.92 Å². The molecule has 0 unspecified atom stereocenters. The van der Waals surface area contributed by atoms with Crippen LogP contribution in [0.5, 0.6) is 0 Å². The third-order valence-electron chi connectivity index (χ3n) is 1.81. The summed E-state index contributed by atoms with van der Waals surface area (Å²) in [4.78, 5) is 4.12. The minimum absolute atomic E-state index is 1.02. The highest BCUT2D eigenvalue weighted by Crippen LogP contribution is 2.12. The molecule has 0 bridgehead atoms. The summed E-state index contributed by atoms with van der Waals surface area (Å²) in [7, 11) is 1.95. The Morgan fingerprint density at radius 1 is 1.45 bits per heavy atom. The van der Waals surface area contributed by atoms with E-state index in [2.05, 4.69) is 36.4 Å². The Balaban J connectivity index is 2.86. The Labute approximate surface area is 65.5 Å². The van der Waals surface area contributed by atoms with Gasteiger partial charge in [0.25, 0.3) is 0 Å². The third kappa shape index (κ3) is 0.909. The van der Waals surface area contributed by atoms with Crippen molar-refractivity contribution in [3.05, 3.63) is 30.1 Å². The molecular weight excluding hydrogens is 136 g/mol. The van der Waals surface area contributed by atoms with Gasteiger partial charge in [-0.25, -0.2) is 4.98 Å². The van der Waals surface area contributed by atoms with E-state index in [9.17, 15) is 0 Å². The Bertz CT molecular complexity index is 387. The van der Waals surface area contributed by atoms with Gasteiger partial charge in [0.15, 0.2) is 6.33 Å². The second-order valence-corrected chi connectivity index (χ2v) is 2.76. The average Bonchev–Trinajstić information content (AvgIpc) is 2.32. The summed E-state index contributed by atoms with van der Waals surface area (Å²) >= 11 is 0. The van der Waals surface area contributed by atoms with Crippen molar-refractivity contribution in [1.29, 1.82) is 0 Å². The summed E-state index contributed by atoms with van der Waals surface area (Å²) in [5.41, 5.74) is 3.40. The van der Waals surface area contributed by atoms with Gasteiger partial charge in [-0.3, -0.25) is 0 Å². The molecule has 1 heterocycles. The summed E-state index contributed by atoms with van der Waals surface area (Å²) in [6, 6.07) is 6.21. The molecule has 0 aliphatic heterocycles. The number of hydrogen-bond acceptors (Lipinski definition) is 1. The number of hydrogen-bond donors (Lipinski definition) is 0. The Morgan fingerprint density at radius 3 is 3.09 bits per heavy atom. The molecule has 1 aromatic carbocycles. The van der Waals surface area contributed by atoms with Gasteiger partial charge in [-0.05, 0) is 24.6 Å². The van der Waals surface area contributed by atoms with Crippen molar-refractivity contribution in [3.8, 4) is 0 Å². The number of rotatable bonds is 0. The van der Waals surface area contributed by atoms with Gasteiger partial charge < -0.3 is 4.57 Å². The third-order valence-corrected chi connectivity index (χ3v) is 1.81. The molecule has 0 saturated heterocycles. The van der Waals surface area contributed by atoms with Crippen molar-refractivity contribution in [2.24, 2.45) is 7.05 Å². The highest BCUT2D eigenvalue weighted by atomic mass is 15.0. The van der Waals surface area contributed by atoms with Gasteiger partial charge in [0.1, 0.15) is 0 Å². The van der Waals surface area contributed by atoms with E-state index in [1.54, 1.807) is 0 Å². The van der Waals surface area contributed by atoms with E-state index in [-0.39, 0.29) is 0 Å². The fourth-order valence-electron chi connectivity index (χ4n) is 1.19. The molecule has 55 valence electrons. The van der Waals surface area contributed by atoms with Gasteiger partial charge in [-0.1, -0.05) is 6.07 Å². The lowest BCUT2D eigenvalue weighted by Gasteiger charge is -1.93. The van der Waals surface area contributed by atoms with Crippen LogP contribution in [0.15, 0.2) is 18.2 Å². The standard InChI is InChI=1S/C9H9N2/c1-7-3-4-9-8(5-7)10-6-11(9)2/h3-5H,1-2H3. The summed E-state index contributed by atoms with van der Waals surface area (Å²) in [6.07, 6.45) is 2.87. The van der Waals surface area contributed by atoms with Crippen molar-refractivity contribution in [3.63, 3.8) is 0 Å². The molecule has 2 aromatic rings. The SMILES string of the molecule is Cc1ccc2c(c1)n[c]n2C. The van der Waals surface area contributed by atoms with Crippen LogP contribution in [0.2, 0.25) is 0 Å². The van der Waals surface area contributed by atoms with E-state index in [0.29, 0.717) is 0 Å². The number of imidazole rings is 1. The van der Waals surface area contributed by atoms with E-state index < -0.39 is 0 Å². The summed E-state index contributed by atoms with van der Waals surface area (Å²) in [6.45, 7) is 2.06. The van der Waals surface area contributed by atoms with Crippen LogP contribution in [-0.2, 0) is 7.05 Å². The summed E-state index contributed by atoms with van der Waals surface area (Å²) in [5, 5.41) is 0. The molecule has 0 atom stereocenters. The molecular formula is C9H9N2. The largest absolute Gasteiger partial charge is 0.324 e. The van der Waals surface area contributed by atoms with Gasteiger partial charge in [0, 0.05) is 7.05 Å². The number of nitrogens with zero attached hydrogens (tertiary/aromatic N) is 2. The van der Waals surface area contributed by atoms with Gasteiger partial charge in [0.05, 0.1) is 11.0 Å². The van der Waals surface area contributed by atoms with Crippen LogP contribution in [0.25, 0.3) is 11.0 Å². The highest BCUT2D eigenvalue weighted by Gasteiger charge is 1.97. The minimum Gasteiger partial charge on any atom is -0.324 e. The number of fused-ring (bicyclic) bond motifs is 1. The van der Waals surface area contributed by atoms with E-state index in [4.69, 9.17) is 0 Å². The maximum absolute atomic E-state index is 4.12. The summed E-state index contributed by atoms with van der Waals surface area (Å²) in [5.74, 6) is 0. The first-order chi connectivity index (χ1) is 5.27. The average molecular weight is 145 g/mol. The van der Waals surface area contributed by atoms with Gasteiger partial charge in [-0.2, -0.15) is 0 Å². The van der Waals surface area contributed by atoms with Crippen molar-refractivity contribution < 1.29 is 0 Å². The monoisotopic (exact) mass is 145 g/mol. The lowest BCUT2D eigenvalue weighted by molar-refractivity contribution is 0.936. The molecule has 0 spiro atoms. The Kier molecular flexibility index (Phi) is 1.22. The molecule has 0 aliphatic rings. The number of aromatic nitrogens is 2. The van der Waals surface area contributed by atoms with Crippen LogP contribution in [0.1, 0.15) is 5.56 Å². The van der Waals surface area contributed by atoms with E-state index in [1.807, 2.05) is 11.6 Å². The second kappa shape index (κ2) is 2.09. The zero-order valence-corrected chi connectivity index (χ0v) is 6.63. The number of benzene rings is 1. The van der Waals surface area contributed by atoms with E-state index >= 15 is 0 Å². The minimum atomic E-state index is 1.02. The van der Waals surface area contributed by atoms with Crippen LogP contribution in [0.4, 0.5) is 0 Å². The zero-order chi connectivity index (χ0) is 7.84. The normalized spacial score (nSPS) is 10.7. The van der Waals surface area contributed by atoms with E-state index in [0.717, 1.165) is 11.0 Å². The molecule has 2 rings (SSSR count). The molecule has 2 heteroatoms. The molecule has 1 radical (unpaired) electrons. The quantitative estimate of drug-likeness (QED) is 0.551. The fourth-order valence-corrected chi connectivity index (χ4v) is 1.19. The molecule has 0 saturated carbocycles. The first kappa shape index (κ1) is 6.40. The summed E-state index contributed by atoms with van der Waals surface area (Å²) < 4.78 is 1.90. The topological polar surface area (TPSA) is 17.8 Å². The maximum Gasteiger partial charge on any atom is 0.177 e. The predicted molar refractivity (Wildman–Crippen MR) is 44.3 cm³/mol. The Hall–Kier alpha value is -1.31. The predicted octanol–water partition coefficient (Wildman–Crippen LogP) is 1.68. The molecule has 0 amide bonds.